The van der Waals surface area contributed by atoms with E-state index in [4.69, 9.17) is 5.11 Å². The van der Waals surface area contributed by atoms with Crippen molar-refractivity contribution in [2.75, 3.05) is 11.9 Å². The molecule has 0 atom stereocenters. The maximum Gasteiger partial charge on any atom is 0.347 e. The van der Waals surface area contributed by atoms with Crippen LogP contribution < -0.4 is 5.32 Å². The van der Waals surface area contributed by atoms with Crippen LogP contribution in [0.2, 0.25) is 0 Å². The molecule has 0 saturated heterocycles. The van der Waals surface area contributed by atoms with Gasteiger partial charge in [-0.25, -0.2) is 14.8 Å². The molecule has 7 heteroatoms. The van der Waals surface area contributed by atoms with Crippen LogP contribution in [0.15, 0.2) is 18.6 Å². The van der Waals surface area contributed by atoms with Gasteiger partial charge in [0.25, 0.3) is 0 Å². The van der Waals surface area contributed by atoms with Crippen molar-refractivity contribution in [3.05, 3.63) is 29.3 Å². The number of carboxylic acids is 1. The molecule has 0 aliphatic carbocycles. The molecule has 0 aliphatic rings. The van der Waals surface area contributed by atoms with Gasteiger partial charge in [-0.2, -0.15) is 0 Å². The average molecular weight is 238 g/mol. The van der Waals surface area contributed by atoms with Gasteiger partial charge in [0.1, 0.15) is 10.7 Å². The summed E-state index contributed by atoms with van der Waals surface area (Å²) >= 11 is 1.13. The molecule has 0 radical (unpaired) electrons. The number of imidazole rings is 1. The molecule has 0 bridgehead atoms. The second kappa shape index (κ2) is 4.75. The van der Waals surface area contributed by atoms with Crippen LogP contribution >= 0.6 is 11.3 Å². The van der Waals surface area contributed by atoms with Crippen LogP contribution in [0.25, 0.3) is 0 Å². The maximum absolute atomic E-state index is 10.6. The molecule has 84 valence electrons. The molecule has 0 saturated carbocycles. The van der Waals surface area contributed by atoms with E-state index >= 15 is 0 Å². The van der Waals surface area contributed by atoms with Gasteiger partial charge < -0.3 is 15.4 Å². The van der Waals surface area contributed by atoms with Crippen LogP contribution in [-0.4, -0.2) is 32.6 Å². The Morgan fingerprint density at radius 2 is 2.44 bits per heavy atom. The fourth-order valence-electron chi connectivity index (χ4n) is 1.18. The summed E-state index contributed by atoms with van der Waals surface area (Å²) in [6, 6.07) is 0. The van der Waals surface area contributed by atoms with Gasteiger partial charge in [0, 0.05) is 25.4 Å². The van der Waals surface area contributed by atoms with E-state index in [0.29, 0.717) is 11.7 Å². The third-order valence-electron chi connectivity index (χ3n) is 1.91. The van der Waals surface area contributed by atoms with Gasteiger partial charge in [0.15, 0.2) is 5.13 Å². The van der Waals surface area contributed by atoms with Crippen molar-refractivity contribution in [1.29, 1.82) is 0 Å². The second-order valence-corrected chi connectivity index (χ2v) is 4.08. The smallest absolute Gasteiger partial charge is 0.347 e. The third kappa shape index (κ3) is 2.57. The summed E-state index contributed by atoms with van der Waals surface area (Å²) in [6.45, 7) is 0.667. The van der Waals surface area contributed by atoms with Crippen molar-refractivity contribution in [2.24, 2.45) is 0 Å². The highest BCUT2D eigenvalue weighted by atomic mass is 32.1. The summed E-state index contributed by atoms with van der Waals surface area (Å²) in [6.07, 6.45) is 5.56. The summed E-state index contributed by atoms with van der Waals surface area (Å²) in [7, 11) is 0. The molecular formula is C9H10N4O2S. The van der Waals surface area contributed by atoms with Gasteiger partial charge in [-0.1, -0.05) is 11.3 Å². The van der Waals surface area contributed by atoms with Gasteiger partial charge in [-0.05, 0) is 0 Å². The Kier molecular flexibility index (Phi) is 3.16. The Hall–Kier alpha value is -1.89. The number of aromatic nitrogens is 3. The topological polar surface area (TPSA) is 90.9 Å². The van der Waals surface area contributed by atoms with Crippen molar-refractivity contribution in [2.45, 2.75) is 6.42 Å². The highest BCUT2D eigenvalue weighted by molar-refractivity contribution is 7.17. The first-order chi connectivity index (χ1) is 7.75. The molecule has 0 aromatic carbocycles. The van der Waals surface area contributed by atoms with Crippen LogP contribution in [0.1, 0.15) is 15.5 Å². The normalized spacial score (nSPS) is 10.2. The molecule has 0 unspecified atom stereocenters. The number of aromatic amines is 1. The highest BCUT2D eigenvalue weighted by Gasteiger charge is 2.07. The number of carbonyl (C=O) groups is 1. The van der Waals surface area contributed by atoms with E-state index in [0.717, 1.165) is 23.6 Å². The minimum absolute atomic E-state index is 0.237. The number of hydrogen-bond donors (Lipinski definition) is 3. The summed E-state index contributed by atoms with van der Waals surface area (Å²) in [5.74, 6) is -0.0564. The Morgan fingerprint density at radius 3 is 3.06 bits per heavy atom. The first-order valence-electron chi connectivity index (χ1n) is 4.67. The fraction of sp³-hybridized carbons (Fsp3) is 0.222. The van der Waals surface area contributed by atoms with Crippen LogP contribution in [0.5, 0.6) is 0 Å². The first-order valence-corrected chi connectivity index (χ1v) is 5.48. The molecule has 2 heterocycles. The predicted octanol–water partition coefficient (Wildman–Crippen LogP) is 1.22. The number of nitrogens with zero attached hydrogens (tertiary/aromatic N) is 2. The Bertz CT molecular complexity index is 466. The van der Waals surface area contributed by atoms with Crippen molar-refractivity contribution in [3.63, 3.8) is 0 Å². The molecule has 16 heavy (non-hydrogen) atoms. The lowest BCUT2D eigenvalue weighted by atomic mass is 10.4. The summed E-state index contributed by atoms with van der Waals surface area (Å²) in [4.78, 5) is 21.9. The zero-order chi connectivity index (χ0) is 11.4. The van der Waals surface area contributed by atoms with E-state index in [1.54, 1.807) is 12.4 Å². The van der Waals surface area contributed by atoms with Gasteiger partial charge in [-0.15, -0.1) is 0 Å². The van der Waals surface area contributed by atoms with E-state index in [2.05, 4.69) is 20.3 Å². The number of nitrogens with one attached hydrogen (secondary N) is 2. The zero-order valence-electron chi connectivity index (χ0n) is 8.30. The molecule has 6 nitrogen and oxygen atoms in total. The summed E-state index contributed by atoms with van der Waals surface area (Å²) < 4.78 is 0. The molecule has 2 aromatic rings. The monoisotopic (exact) mass is 238 g/mol. The van der Waals surface area contributed by atoms with Gasteiger partial charge in [0.2, 0.25) is 0 Å². The first kappa shape index (κ1) is 10.6. The minimum atomic E-state index is -0.948. The van der Waals surface area contributed by atoms with Gasteiger partial charge in [-0.3, -0.25) is 0 Å². The van der Waals surface area contributed by atoms with E-state index in [1.807, 2.05) is 0 Å². The van der Waals surface area contributed by atoms with E-state index in [-0.39, 0.29) is 4.88 Å². The van der Waals surface area contributed by atoms with Gasteiger partial charge in [0.05, 0.1) is 6.20 Å². The number of H-pyrrole nitrogens is 1. The Labute approximate surface area is 95.4 Å². The molecule has 0 spiro atoms. The van der Waals surface area contributed by atoms with Crippen LogP contribution in [-0.2, 0) is 6.42 Å². The van der Waals surface area contributed by atoms with E-state index in [1.165, 1.54) is 6.20 Å². The Balaban J connectivity index is 1.83. The highest BCUT2D eigenvalue weighted by Crippen LogP contribution is 2.17. The lowest BCUT2D eigenvalue weighted by Gasteiger charge is -1.99. The number of thiazole rings is 1. The summed E-state index contributed by atoms with van der Waals surface area (Å²) in [5.41, 5.74) is 0. The molecule has 2 aromatic heterocycles. The van der Waals surface area contributed by atoms with Crippen LogP contribution in [0.4, 0.5) is 5.13 Å². The SMILES string of the molecule is O=C(O)c1cnc(NCCc2ncc[nH]2)s1. The number of carboxylic acid groups (broad SMARTS) is 1. The molecule has 0 amide bonds. The lowest BCUT2D eigenvalue weighted by Crippen LogP contribution is -2.05. The second-order valence-electron chi connectivity index (χ2n) is 3.05. The van der Waals surface area contributed by atoms with Crippen molar-refractivity contribution in [3.8, 4) is 0 Å². The molecular weight excluding hydrogens is 228 g/mol. The average Bonchev–Trinajstić information content (AvgIpc) is 2.87. The summed E-state index contributed by atoms with van der Waals surface area (Å²) in [5, 5.41) is 12.4. The number of anilines is 1. The van der Waals surface area contributed by atoms with Crippen LogP contribution in [0, 0.1) is 0 Å². The maximum atomic E-state index is 10.6. The lowest BCUT2D eigenvalue weighted by molar-refractivity contribution is 0.0702. The van der Waals surface area contributed by atoms with Gasteiger partial charge >= 0.3 is 5.97 Å². The van der Waals surface area contributed by atoms with E-state index < -0.39 is 5.97 Å². The standard InChI is InChI=1S/C9H10N4O2S/c14-8(15)6-5-13-9(16-6)12-2-1-7-10-3-4-11-7/h3-5H,1-2H2,(H,10,11)(H,12,13)(H,14,15). The fourth-order valence-corrected chi connectivity index (χ4v) is 1.86. The molecule has 3 N–H and O–H groups in total. The van der Waals surface area contributed by atoms with Crippen LogP contribution in [0.3, 0.4) is 0 Å². The molecule has 2 rings (SSSR count). The number of aromatic carboxylic acids is 1. The minimum Gasteiger partial charge on any atom is -0.477 e. The van der Waals surface area contributed by atoms with Crippen molar-refractivity contribution < 1.29 is 9.90 Å². The van der Waals surface area contributed by atoms with E-state index in [9.17, 15) is 4.79 Å². The Morgan fingerprint density at radius 1 is 1.56 bits per heavy atom. The van der Waals surface area contributed by atoms with Crippen molar-refractivity contribution in [1.82, 2.24) is 15.0 Å². The largest absolute Gasteiger partial charge is 0.477 e. The van der Waals surface area contributed by atoms with Crippen molar-refractivity contribution >= 4 is 22.4 Å². The number of hydrogen-bond acceptors (Lipinski definition) is 5. The molecule has 0 aliphatic heterocycles. The predicted molar refractivity (Wildman–Crippen MR) is 59.9 cm³/mol. The zero-order valence-corrected chi connectivity index (χ0v) is 9.12. The molecule has 0 fully saturated rings. The number of rotatable bonds is 5. The third-order valence-corrected chi connectivity index (χ3v) is 2.85. The quantitative estimate of drug-likeness (QED) is 0.728.